The van der Waals surface area contributed by atoms with E-state index in [2.05, 4.69) is 5.32 Å². The molecule has 0 saturated heterocycles. The molecule has 1 aromatic carbocycles. The fourth-order valence-electron chi connectivity index (χ4n) is 2.03. The lowest BCUT2D eigenvalue weighted by atomic mass is 9.94. The average Bonchev–Trinajstić information content (AvgIpc) is 2.72. The third-order valence-electron chi connectivity index (χ3n) is 3.22. The van der Waals surface area contributed by atoms with Crippen LogP contribution < -0.4 is 10.2 Å². The van der Waals surface area contributed by atoms with E-state index in [1.165, 1.54) is 13.8 Å². The number of hydrogen-bond acceptors (Lipinski definition) is 4. The Balaban J connectivity index is 2.44. The molecule has 0 bridgehead atoms. The van der Waals surface area contributed by atoms with Crippen LogP contribution in [0.2, 0.25) is 0 Å². The Morgan fingerprint density at radius 3 is 2.74 bits per heavy atom. The van der Waals surface area contributed by atoms with Crippen LogP contribution in [0.5, 0.6) is 0 Å². The molecule has 1 N–H and O–H groups in total. The van der Waals surface area contributed by atoms with Crippen molar-refractivity contribution in [2.45, 2.75) is 20.3 Å². The minimum absolute atomic E-state index is 0.193. The van der Waals surface area contributed by atoms with E-state index >= 15 is 0 Å². The van der Waals surface area contributed by atoms with Gasteiger partial charge in [0.1, 0.15) is 5.41 Å². The van der Waals surface area contributed by atoms with Crippen LogP contribution in [0.1, 0.15) is 19.4 Å². The third-order valence-corrected chi connectivity index (χ3v) is 3.22. The van der Waals surface area contributed by atoms with Gasteiger partial charge in [-0.15, -0.1) is 0 Å². The van der Waals surface area contributed by atoms with Gasteiger partial charge in [0.2, 0.25) is 5.91 Å². The van der Waals surface area contributed by atoms with Crippen molar-refractivity contribution in [2.24, 2.45) is 5.41 Å². The first-order chi connectivity index (χ1) is 8.90. The number of fused-ring (bicyclic) bond motifs is 1. The average molecular weight is 257 g/mol. The molecular formula is C14H15N3O2. The van der Waals surface area contributed by atoms with Gasteiger partial charge in [-0.25, -0.2) is 4.90 Å². The van der Waals surface area contributed by atoms with Gasteiger partial charge in [0, 0.05) is 12.7 Å². The molecule has 2 rings (SSSR count). The molecule has 1 heterocycles. The maximum Gasteiger partial charge on any atom is 0.253 e. The molecule has 0 fully saturated rings. The first-order valence-corrected chi connectivity index (χ1v) is 6.00. The molecule has 5 heteroatoms. The number of amides is 2. The second-order valence-electron chi connectivity index (χ2n) is 5.04. The molecule has 0 unspecified atom stereocenters. The molecule has 5 nitrogen and oxygen atoms in total. The summed E-state index contributed by atoms with van der Waals surface area (Å²) in [6.07, 6.45) is 0.193. The number of carbonyl (C=O) groups is 2. The van der Waals surface area contributed by atoms with Gasteiger partial charge in [0.05, 0.1) is 18.2 Å². The smallest absolute Gasteiger partial charge is 0.253 e. The zero-order chi connectivity index (χ0) is 14.2. The predicted octanol–water partition coefficient (Wildman–Crippen LogP) is 1.69. The van der Waals surface area contributed by atoms with E-state index in [-0.39, 0.29) is 12.3 Å². The van der Waals surface area contributed by atoms with Crippen LogP contribution in [-0.4, -0.2) is 18.9 Å². The van der Waals surface area contributed by atoms with E-state index in [0.717, 1.165) is 16.2 Å². The largest absolute Gasteiger partial charge is 0.388 e. The number of rotatable bonds is 2. The molecule has 0 aromatic heterocycles. The predicted molar refractivity (Wildman–Crippen MR) is 71.6 cm³/mol. The Bertz CT molecular complexity index is 599. The molecule has 1 aliphatic rings. The Morgan fingerprint density at radius 2 is 2.16 bits per heavy atom. The van der Waals surface area contributed by atoms with E-state index in [1.807, 2.05) is 12.1 Å². The van der Waals surface area contributed by atoms with Crippen molar-refractivity contribution in [3.8, 4) is 6.07 Å². The first-order valence-electron chi connectivity index (χ1n) is 6.00. The van der Waals surface area contributed by atoms with Crippen molar-refractivity contribution in [1.82, 2.24) is 0 Å². The van der Waals surface area contributed by atoms with E-state index in [4.69, 9.17) is 5.26 Å². The summed E-state index contributed by atoms with van der Waals surface area (Å²) in [6, 6.07) is 7.32. The summed E-state index contributed by atoms with van der Waals surface area (Å²) in [5.41, 5.74) is 1.07. The minimum atomic E-state index is -1.21. The van der Waals surface area contributed by atoms with Crippen molar-refractivity contribution < 1.29 is 9.59 Å². The number of nitrogens with zero attached hydrogens (tertiary/aromatic N) is 2. The van der Waals surface area contributed by atoms with Gasteiger partial charge in [-0.1, -0.05) is 0 Å². The molecule has 0 saturated carbocycles. The molecule has 0 radical (unpaired) electrons. The number of carbonyl (C=O) groups excluding carboxylic acids is 2. The fraction of sp³-hybridized carbons (Fsp3) is 0.357. The summed E-state index contributed by atoms with van der Waals surface area (Å²) in [5.74, 6) is -0.757. The number of hydrogen-bond donors (Lipinski definition) is 1. The maximum atomic E-state index is 12.3. The highest BCUT2D eigenvalue weighted by Crippen LogP contribution is 2.34. The molecule has 0 atom stereocenters. The van der Waals surface area contributed by atoms with E-state index in [1.54, 1.807) is 19.2 Å². The zero-order valence-electron chi connectivity index (χ0n) is 11.2. The SMILES string of the molecule is CNc1ccc2c(c1)CC(=O)N2C(=O)C(C)(C)C#N. The van der Waals surface area contributed by atoms with Crippen LogP contribution in [0.25, 0.3) is 0 Å². The normalized spacial score (nSPS) is 14.0. The van der Waals surface area contributed by atoms with Gasteiger partial charge in [0.15, 0.2) is 0 Å². The standard InChI is InChI=1S/C14H15N3O2/c1-14(2,8-15)13(19)17-11-5-4-10(16-3)6-9(11)7-12(17)18/h4-6,16H,7H2,1-3H3. The van der Waals surface area contributed by atoms with Crippen molar-refractivity contribution in [3.05, 3.63) is 23.8 Å². The quantitative estimate of drug-likeness (QED) is 0.875. The summed E-state index contributed by atoms with van der Waals surface area (Å²) in [6.45, 7) is 3.03. The highest BCUT2D eigenvalue weighted by molar-refractivity contribution is 6.21. The van der Waals surface area contributed by atoms with Gasteiger partial charge in [-0.05, 0) is 37.6 Å². The monoisotopic (exact) mass is 257 g/mol. The van der Waals surface area contributed by atoms with Crippen LogP contribution in [0, 0.1) is 16.7 Å². The Labute approximate surface area is 111 Å². The highest BCUT2D eigenvalue weighted by atomic mass is 16.2. The lowest BCUT2D eigenvalue weighted by Gasteiger charge is -2.22. The summed E-state index contributed by atoms with van der Waals surface area (Å²) in [5, 5.41) is 12.0. The molecule has 1 aromatic rings. The maximum absolute atomic E-state index is 12.3. The van der Waals surface area contributed by atoms with Crippen LogP contribution >= 0.6 is 0 Å². The lowest BCUT2D eigenvalue weighted by Crippen LogP contribution is -2.42. The van der Waals surface area contributed by atoms with Crippen molar-refractivity contribution >= 4 is 23.2 Å². The first kappa shape index (κ1) is 13.1. The minimum Gasteiger partial charge on any atom is -0.388 e. The third kappa shape index (κ3) is 2.06. The Hall–Kier alpha value is -2.35. The summed E-state index contributed by atoms with van der Waals surface area (Å²) < 4.78 is 0. The van der Waals surface area contributed by atoms with Crippen LogP contribution in [-0.2, 0) is 16.0 Å². The topological polar surface area (TPSA) is 73.2 Å². The summed E-state index contributed by atoms with van der Waals surface area (Å²) >= 11 is 0. The Kier molecular flexibility index (Phi) is 3.03. The summed E-state index contributed by atoms with van der Waals surface area (Å²) in [4.78, 5) is 25.4. The van der Waals surface area contributed by atoms with E-state index in [9.17, 15) is 9.59 Å². The van der Waals surface area contributed by atoms with Crippen molar-refractivity contribution in [2.75, 3.05) is 17.3 Å². The van der Waals surface area contributed by atoms with Gasteiger partial charge in [0.25, 0.3) is 5.91 Å². The molecule has 19 heavy (non-hydrogen) atoms. The number of nitrogens with one attached hydrogen (secondary N) is 1. The van der Waals surface area contributed by atoms with Crippen LogP contribution in [0.15, 0.2) is 18.2 Å². The molecule has 0 aliphatic carbocycles. The fourth-order valence-corrected chi connectivity index (χ4v) is 2.03. The van der Waals surface area contributed by atoms with Gasteiger partial charge < -0.3 is 5.32 Å². The molecule has 98 valence electrons. The van der Waals surface area contributed by atoms with Crippen molar-refractivity contribution in [1.29, 1.82) is 5.26 Å². The van der Waals surface area contributed by atoms with Crippen LogP contribution in [0.4, 0.5) is 11.4 Å². The number of nitriles is 1. The van der Waals surface area contributed by atoms with Gasteiger partial charge in [-0.3, -0.25) is 9.59 Å². The van der Waals surface area contributed by atoms with Gasteiger partial charge >= 0.3 is 0 Å². The Morgan fingerprint density at radius 1 is 1.47 bits per heavy atom. The summed E-state index contributed by atoms with van der Waals surface area (Å²) in [7, 11) is 1.79. The number of anilines is 2. The number of benzene rings is 1. The van der Waals surface area contributed by atoms with Crippen molar-refractivity contribution in [3.63, 3.8) is 0 Å². The molecule has 0 spiro atoms. The van der Waals surface area contributed by atoms with Crippen LogP contribution in [0.3, 0.4) is 0 Å². The number of imide groups is 1. The van der Waals surface area contributed by atoms with Gasteiger partial charge in [-0.2, -0.15) is 5.26 Å². The highest BCUT2D eigenvalue weighted by Gasteiger charge is 2.40. The molecule has 2 amide bonds. The second-order valence-corrected chi connectivity index (χ2v) is 5.04. The molecular weight excluding hydrogens is 242 g/mol. The second kappa shape index (κ2) is 4.39. The molecule has 1 aliphatic heterocycles. The zero-order valence-corrected chi connectivity index (χ0v) is 11.2. The lowest BCUT2D eigenvalue weighted by molar-refractivity contribution is -0.129. The van der Waals surface area contributed by atoms with E-state index < -0.39 is 11.3 Å². The van der Waals surface area contributed by atoms with E-state index in [0.29, 0.717) is 5.69 Å².